The molecule has 1 fully saturated rings. The van der Waals surface area contributed by atoms with Gasteiger partial charge in [0.1, 0.15) is 12.0 Å². The summed E-state index contributed by atoms with van der Waals surface area (Å²) in [4.78, 5) is 13.9. The Morgan fingerprint density at radius 3 is 2.86 bits per heavy atom. The molecule has 1 saturated carbocycles. The molecule has 0 aromatic heterocycles. The quantitative estimate of drug-likeness (QED) is 0.750. The Kier molecular flexibility index (Phi) is 5.40. The van der Waals surface area contributed by atoms with Gasteiger partial charge in [-0.05, 0) is 31.9 Å². The van der Waals surface area contributed by atoms with Crippen molar-refractivity contribution in [2.75, 3.05) is 20.7 Å². The van der Waals surface area contributed by atoms with Crippen LogP contribution in [0.5, 0.6) is 5.75 Å². The lowest BCUT2D eigenvalue weighted by Gasteiger charge is -2.38. The molecular formula is C18H27NO2. The molecule has 2 atom stereocenters. The first kappa shape index (κ1) is 16.0. The number of ether oxygens (including phenoxy) is 1. The number of carbonyl (C=O) groups excluding carboxylic acids is 1. The van der Waals surface area contributed by atoms with Crippen LogP contribution in [0, 0.1) is 11.3 Å². The number of nitrogens with zero attached hydrogens (tertiary/aromatic N) is 1. The highest BCUT2D eigenvalue weighted by atomic mass is 16.5. The second-order valence-electron chi connectivity index (χ2n) is 6.67. The first-order valence-electron chi connectivity index (χ1n) is 7.85. The fraction of sp³-hybridized carbons (Fsp3) is 0.611. The molecular weight excluding hydrogens is 262 g/mol. The molecule has 0 saturated heterocycles. The van der Waals surface area contributed by atoms with Gasteiger partial charge < -0.3 is 14.4 Å². The Hall–Kier alpha value is -1.35. The van der Waals surface area contributed by atoms with E-state index in [9.17, 15) is 4.79 Å². The highest BCUT2D eigenvalue weighted by Gasteiger charge is 2.35. The molecule has 2 unspecified atom stereocenters. The number of aldehydes is 1. The summed E-state index contributed by atoms with van der Waals surface area (Å²) in [5, 5.41) is 0. The summed E-state index contributed by atoms with van der Waals surface area (Å²) >= 11 is 0. The lowest BCUT2D eigenvalue weighted by Crippen LogP contribution is -2.40. The molecule has 0 N–H and O–H groups in total. The van der Waals surface area contributed by atoms with Crippen LogP contribution in [0.3, 0.4) is 0 Å². The zero-order valence-electron chi connectivity index (χ0n) is 13.5. The highest BCUT2D eigenvalue weighted by molar-refractivity contribution is 5.60. The van der Waals surface area contributed by atoms with Crippen LogP contribution in [0.2, 0.25) is 0 Å². The smallest absolute Gasteiger partial charge is 0.127 e. The third-order valence-corrected chi connectivity index (χ3v) is 4.59. The van der Waals surface area contributed by atoms with E-state index in [1.54, 1.807) is 7.11 Å². The van der Waals surface area contributed by atoms with Crippen LogP contribution in [0.4, 0.5) is 0 Å². The molecule has 0 amide bonds. The van der Waals surface area contributed by atoms with E-state index in [2.05, 4.69) is 24.9 Å². The molecule has 21 heavy (non-hydrogen) atoms. The molecule has 0 heterocycles. The molecule has 3 nitrogen and oxygen atoms in total. The van der Waals surface area contributed by atoms with E-state index >= 15 is 0 Å². The number of hydrogen-bond acceptors (Lipinski definition) is 3. The average Bonchev–Trinajstić information content (AvgIpc) is 2.47. The van der Waals surface area contributed by atoms with Gasteiger partial charge in [0.05, 0.1) is 7.11 Å². The molecule has 1 aromatic carbocycles. The van der Waals surface area contributed by atoms with Crippen molar-refractivity contribution in [3.05, 3.63) is 29.8 Å². The van der Waals surface area contributed by atoms with Crippen molar-refractivity contribution in [3.63, 3.8) is 0 Å². The van der Waals surface area contributed by atoms with E-state index in [4.69, 9.17) is 4.74 Å². The highest BCUT2D eigenvalue weighted by Crippen LogP contribution is 2.38. The van der Waals surface area contributed by atoms with Crippen molar-refractivity contribution in [2.24, 2.45) is 11.3 Å². The van der Waals surface area contributed by atoms with Crippen LogP contribution in [-0.2, 0) is 11.3 Å². The van der Waals surface area contributed by atoms with E-state index in [1.165, 1.54) is 24.7 Å². The minimum atomic E-state index is -0.158. The van der Waals surface area contributed by atoms with Crippen molar-refractivity contribution in [1.29, 1.82) is 0 Å². The number of rotatable bonds is 6. The van der Waals surface area contributed by atoms with Crippen molar-refractivity contribution < 1.29 is 9.53 Å². The van der Waals surface area contributed by atoms with Gasteiger partial charge in [-0.1, -0.05) is 38.0 Å². The molecule has 0 radical (unpaired) electrons. The van der Waals surface area contributed by atoms with Gasteiger partial charge >= 0.3 is 0 Å². The van der Waals surface area contributed by atoms with E-state index in [0.717, 1.165) is 31.7 Å². The van der Waals surface area contributed by atoms with Crippen LogP contribution in [0.25, 0.3) is 0 Å². The Morgan fingerprint density at radius 1 is 1.43 bits per heavy atom. The summed E-state index contributed by atoms with van der Waals surface area (Å²) in [5.41, 5.74) is 1.02. The van der Waals surface area contributed by atoms with Crippen LogP contribution in [0.15, 0.2) is 24.3 Å². The summed E-state index contributed by atoms with van der Waals surface area (Å²) in [6.07, 6.45) is 5.68. The Balaban J connectivity index is 2.03. The van der Waals surface area contributed by atoms with Gasteiger partial charge in [-0.25, -0.2) is 0 Å². The Bertz CT molecular complexity index is 474. The SMILES string of the molecule is COc1ccccc1CN(C)CC1(C=O)CCCC(C)C1. The van der Waals surface area contributed by atoms with Crippen molar-refractivity contribution in [1.82, 2.24) is 4.90 Å². The topological polar surface area (TPSA) is 29.5 Å². The number of carbonyl (C=O) groups is 1. The first-order valence-corrected chi connectivity index (χ1v) is 7.85. The Labute approximate surface area is 128 Å². The lowest BCUT2D eigenvalue weighted by molar-refractivity contribution is -0.119. The number of methoxy groups -OCH3 is 1. The van der Waals surface area contributed by atoms with E-state index in [0.29, 0.717) is 5.92 Å². The van der Waals surface area contributed by atoms with E-state index in [1.807, 2.05) is 18.2 Å². The Morgan fingerprint density at radius 2 is 2.19 bits per heavy atom. The largest absolute Gasteiger partial charge is 0.496 e. The number of benzene rings is 1. The lowest BCUT2D eigenvalue weighted by atomic mass is 9.70. The minimum Gasteiger partial charge on any atom is -0.496 e. The normalized spacial score (nSPS) is 25.8. The fourth-order valence-electron chi connectivity index (χ4n) is 3.71. The van der Waals surface area contributed by atoms with Gasteiger partial charge in [-0.15, -0.1) is 0 Å². The minimum absolute atomic E-state index is 0.158. The zero-order valence-corrected chi connectivity index (χ0v) is 13.5. The van der Waals surface area contributed by atoms with Crippen molar-refractivity contribution in [3.8, 4) is 5.75 Å². The number of hydrogen-bond donors (Lipinski definition) is 0. The van der Waals surface area contributed by atoms with Gasteiger partial charge in [0.25, 0.3) is 0 Å². The molecule has 0 aliphatic heterocycles. The van der Waals surface area contributed by atoms with Crippen LogP contribution in [0.1, 0.15) is 38.2 Å². The maximum atomic E-state index is 11.7. The molecule has 1 aliphatic carbocycles. The predicted octanol–water partition coefficient (Wildman–Crippen LogP) is 3.52. The fourth-order valence-corrected chi connectivity index (χ4v) is 3.71. The molecule has 1 aliphatic rings. The first-order chi connectivity index (χ1) is 10.1. The van der Waals surface area contributed by atoms with Gasteiger partial charge in [0, 0.05) is 24.1 Å². The summed E-state index contributed by atoms with van der Waals surface area (Å²) in [5.74, 6) is 1.57. The van der Waals surface area contributed by atoms with Crippen LogP contribution >= 0.6 is 0 Å². The summed E-state index contributed by atoms with van der Waals surface area (Å²) in [6.45, 7) is 3.91. The summed E-state index contributed by atoms with van der Waals surface area (Å²) in [6, 6.07) is 8.09. The predicted molar refractivity (Wildman–Crippen MR) is 85.5 cm³/mol. The standard InChI is InChI=1S/C18H27NO2/c1-15-7-6-10-18(11-15,14-20)13-19(2)12-16-8-4-5-9-17(16)21-3/h4-5,8-9,14-15H,6-7,10-13H2,1-3H3. The molecule has 0 spiro atoms. The zero-order chi connectivity index (χ0) is 15.3. The van der Waals surface area contributed by atoms with Crippen molar-refractivity contribution >= 4 is 6.29 Å². The molecule has 116 valence electrons. The monoisotopic (exact) mass is 289 g/mol. The van der Waals surface area contributed by atoms with E-state index < -0.39 is 0 Å². The average molecular weight is 289 g/mol. The molecule has 0 bridgehead atoms. The van der Waals surface area contributed by atoms with Crippen LogP contribution in [-0.4, -0.2) is 31.9 Å². The van der Waals surface area contributed by atoms with Gasteiger partial charge in [0.2, 0.25) is 0 Å². The number of para-hydroxylation sites is 1. The maximum Gasteiger partial charge on any atom is 0.127 e. The van der Waals surface area contributed by atoms with Gasteiger partial charge in [0.15, 0.2) is 0 Å². The van der Waals surface area contributed by atoms with Gasteiger partial charge in [-0.3, -0.25) is 0 Å². The third kappa shape index (κ3) is 4.07. The summed E-state index contributed by atoms with van der Waals surface area (Å²) in [7, 11) is 3.80. The van der Waals surface area contributed by atoms with Gasteiger partial charge in [-0.2, -0.15) is 0 Å². The second-order valence-corrected chi connectivity index (χ2v) is 6.67. The maximum absolute atomic E-state index is 11.7. The summed E-state index contributed by atoms with van der Waals surface area (Å²) < 4.78 is 5.41. The molecule has 3 heteroatoms. The van der Waals surface area contributed by atoms with E-state index in [-0.39, 0.29) is 5.41 Å². The van der Waals surface area contributed by atoms with Crippen LogP contribution < -0.4 is 4.74 Å². The third-order valence-electron chi connectivity index (χ3n) is 4.59. The van der Waals surface area contributed by atoms with Crippen molar-refractivity contribution in [2.45, 2.75) is 39.2 Å². The second kappa shape index (κ2) is 7.08. The molecule has 2 rings (SSSR count). The molecule has 1 aromatic rings.